The fourth-order valence-electron chi connectivity index (χ4n) is 2.01. The number of rotatable bonds is 7. The molecule has 0 unspecified atom stereocenters. The van der Waals surface area contributed by atoms with Crippen LogP contribution in [0.4, 0.5) is 5.69 Å². The lowest BCUT2D eigenvalue weighted by Gasteiger charge is -2.04. The number of carbonyl (C=O) groups is 1. The Bertz CT molecular complexity index is 791. The van der Waals surface area contributed by atoms with Gasteiger partial charge in [0.1, 0.15) is 5.75 Å². The van der Waals surface area contributed by atoms with Gasteiger partial charge in [0.2, 0.25) is 5.91 Å². The summed E-state index contributed by atoms with van der Waals surface area (Å²) >= 11 is 5.95. The van der Waals surface area contributed by atoms with Crippen LogP contribution in [0.25, 0.3) is 0 Å². The zero-order valence-corrected chi connectivity index (χ0v) is 14.2. The third-order valence-corrected chi connectivity index (χ3v) is 3.53. The minimum Gasteiger partial charge on any atom is -0.494 e. The van der Waals surface area contributed by atoms with Crippen molar-refractivity contribution in [2.24, 2.45) is 5.10 Å². The molecule has 1 amide bonds. The van der Waals surface area contributed by atoms with Crippen molar-refractivity contribution in [3.63, 3.8) is 0 Å². The lowest BCUT2D eigenvalue weighted by Crippen LogP contribution is -2.19. The Labute approximate surface area is 149 Å². The molecule has 0 radical (unpaired) electrons. The molecule has 0 bridgehead atoms. The fourth-order valence-corrected chi connectivity index (χ4v) is 2.18. The van der Waals surface area contributed by atoms with Gasteiger partial charge >= 0.3 is 0 Å². The molecule has 7 nitrogen and oxygen atoms in total. The molecule has 2 aromatic carbocycles. The number of halogens is 1. The van der Waals surface area contributed by atoms with Crippen LogP contribution in [0.15, 0.2) is 47.6 Å². The maximum atomic E-state index is 11.9. The number of amides is 1. The first kappa shape index (κ1) is 18.4. The van der Waals surface area contributed by atoms with E-state index in [2.05, 4.69) is 10.5 Å². The topological polar surface area (TPSA) is 93.8 Å². The highest BCUT2D eigenvalue weighted by Crippen LogP contribution is 2.20. The molecule has 2 aromatic rings. The first-order valence-corrected chi connectivity index (χ1v) is 7.85. The van der Waals surface area contributed by atoms with E-state index in [1.807, 2.05) is 6.92 Å². The Morgan fingerprint density at radius 2 is 2.04 bits per heavy atom. The summed E-state index contributed by atoms with van der Waals surface area (Å²) in [6.07, 6.45) is 1.41. The maximum absolute atomic E-state index is 11.9. The molecule has 0 aliphatic rings. The Kier molecular flexibility index (Phi) is 6.47. The second-order valence-corrected chi connectivity index (χ2v) is 5.42. The molecule has 0 heterocycles. The van der Waals surface area contributed by atoms with Crippen molar-refractivity contribution in [1.82, 2.24) is 5.43 Å². The first-order chi connectivity index (χ1) is 12.0. The van der Waals surface area contributed by atoms with Crippen LogP contribution in [-0.2, 0) is 11.2 Å². The summed E-state index contributed by atoms with van der Waals surface area (Å²) in [7, 11) is 0. The second-order valence-electron chi connectivity index (χ2n) is 5.01. The SMILES string of the molecule is CCOc1ccc(CC(=O)N/N=C/c2cc([N+](=O)[O-])ccc2Cl)cc1. The summed E-state index contributed by atoms with van der Waals surface area (Å²) in [4.78, 5) is 22.1. The van der Waals surface area contributed by atoms with Gasteiger partial charge in [0.05, 0.1) is 24.2 Å². The van der Waals surface area contributed by atoms with E-state index in [4.69, 9.17) is 16.3 Å². The van der Waals surface area contributed by atoms with Crippen molar-refractivity contribution in [3.05, 3.63) is 68.7 Å². The van der Waals surface area contributed by atoms with E-state index in [0.717, 1.165) is 11.3 Å². The minimum absolute atomic E-state index is 0.105. The highest BCUT2D eigenvalue weighted by molar-refractivity contribution is 6.33. The second kappa shape index (κ2) is 8.79. The van der Waals surface area contributed by atoms with Gasteiger partial charge in [-0.15, -0.1) is 0 Å². The molecular formula is C17H16ClN3O4. The Morgan fingerprint density at radius 3 is 2.68 bits per heavy atom. The van der Waals surface area contributed by atoms with E-state index >= 15 is 0 Å². The summed E-state index contributed by atoms with van der Waals surface area (Å²) in [5.41, 5.74) is 3.42. The summed E-state index contributed by atoms with van der Waals surface area (Å²) in [5.74, 6) is 0.423. The average Bonchev–Trinajstić information content (AvgIpc) is 2.58. The predicted molar refractivity (Wildman–Crippen MR) is 95.2 cm³/mol. The van der Waals surface area contributed by atoms with Gasteiger partial charge in [-0.3, -0.25) is 14.9 Å². The van der Waals surface area contributed by atoms with Gasteiger partial charge in [-0.25, -0.2) is 5.43 Å². The van der Waals surface area contributed by atoms with Gasteiger partial charge in [0, 0.05) is 22.7 Å². The lowest BCUT2D eigenvalue weighted by molar-refractivity contribution is -0.384. The van der Waals surface area contributed by atoms with Gasteiger partial charge in [0.25, 0.3) is 5.69 Å². The van der Waals surface area contributed by atoms with Crippen LogP contribution >= 0.6 is 11.6 Å². The highest BCUT2D eigenvalue weighted by atomic mass is 35.5. The van der Waals surface area contributed by atoms with Gasteiger partial charge in [0.15, 0.2) is 0 Å². The van der Waals surface area contributed by atoms with E-state index in [9.17, 15) is 14.9 Å². The summed E-state index contributed by atoms with van der Waals surface area (Å²) in [6, 6.07) is 11.2. The van der Waals surface area contributed by atoms with Crippen molar-refractivity contribution >= 4 is 29.4 Å². The third-order valence-electron chi connectivity index (χ3n) is 3.18. The number of hydrazone groups is 1. The van der Waals surface area contributed by atoms with Crippen LogP contribution < -0.4 is 10.2 Å². The molecular weight excluding hydrogens is 346 g/mol. The van der Waals surface area contributed by atoms with Crippen molar-refractivity contribution in [2.45, 2.75) is 13.3 Å². The molecule has 0 aliphatic carbocycles. The van der Waals surface area contributed by atoms with E-state index in [0.29, 0.717) is 17.2 Å². The molecule has 0 atom stereocenters. The molecule has 2 rings (SSSR count). The smallest absolute Gasteiger partial charge is 0.270 e. The normalized spacial score (nSPS) is 10.6. The Balaban J connectivity index is 1.94. The number of nitrogens with one attached hydrogen (secondary N) is 1. The van der Waals surface area contributed by atoms with Crippen LogP contribution in [0, 0.1) is 10.1 Å². The van der Waals surface area contributed by atoms with E-state index in [1.54, 1.807) is 24.3 Å². The Morgan fingerprint density at radius 1 is 1.32 bits per heavy atom. The van der Waals surface area contributed by atoms with Gasteiger partial charge in [-0.05, 0) is 30.7 Å². The molecule has 1 N–H and O–H groups in total. The zero-order chi connectivity index (χ0) is 18.2. The highest BCUT2D eigenvalue weighted by Gasteiger charge is 2.08. The molecule has 130 valence electrons. The summed E-state index contributed by atoms with van der Waals surface area (Å²) in [6.45, 7) is 2.47. The number of hydrogen-bond acceptors (Lipinski definition) is 5. The van der Waals surface area contributed by atoms with E-state index in [-0.39, 0.29) is 18.0 Å². The van der Waals surface area contributed by atoms with E-state index < -0.39 is 4.92 Å². The fraction of sp³-hybridized carbons (Fsp3) is 0.176. The number of nitro groups is 1. The number of non-ortho nitro benzene ring substituents is 1. The minimum atomic E-state index is -0.530. The zero-order valence-electron chi connectivity index (χ0n) is 13.4. The van der Waals surface area contributed by atoms with Crippen LogP contribution in [0.3, 0.4) is 0 Å². The van der Waals surface area contributed by atoms with Gasteiger partial charge in [-0.2, -0.15) is 5.10 Å². The molecule has 0 aromatic heterocycles. The predicted octanol–water partition coefficient (Wildman–Crippen LogP) is 3.34. The monoisotopic (exact) mass is 361 g/mol. The number of ether oxygens (including phenoxy) is 1. The molecule has 0 saturated heterocycles. The van der Waals surface area contributed by atoms with Gasteiger partial charge < -0.3 is 4.74 Å². The third kappa shape index (κ3) is 5.58. The quantitative estimate of drug-likeness (QED) is 0.465. The number of nitro benzene ring substituents is 1. The molecule has 0 aliphatic heterocycles. The largest absolute Gasteiger partial charge is 0.494 e. The van der Waals surface area contributed by atoms with Crippen LogP contribution in [0.5, 0.6) is 5.75 Å². The number of carbonyl (C=O) groups excluding carboxylic acids is 1. The van der Waals surface area contributed by atoms with Gasteiger partial charge in [-0.1, -0.05) is 23.7 Å². The first-order valence-electron chi connectivity index (χ1n) is 7.47. The summed E-state index contributed by atoms with van der Waals surface area (Å²) < 4.78 is 5.33. The van der Waals surface area contributed by atoms with Crippen molar-refractivity contribution < 1.29 is 14.5 Å². The molecule has 0 spiro atoms. The van der Waals surface area contributed by atoms with E-state index in [1.165, 1.54) is 24.4 Å². The molecule has 8 heteroatoms. The molecule has 25 heavy (non-hydrogen) atoms. The van der Waals surface area contributed by atoms with Crippen molar-refractivity contribution in [1.29, 1.82) is 0 Å². The average molecular weight is 362 g/mol. The number of hydrogen-bond donors (Lipinski definition) is 1. The number of benzene rings is 2. The summed E-state index contributed by atoms with van der Waals surface area (Å²) in [5, 5.41) is 14.8. The van der Waals surface area contributed by atoms with Crippen molar-refractivity contribution in [3.8, 4) is 5.75 Å². The molecule has 0 saturated carbocycles. The molecule has 0 fully saturated rings. The van der Waals surface area contributed by atoms with Crippen LogP contribution in [0.1, 0.15) is 18.1 Å². The van der Waals surface area contributed by atoms with Crippen molar-refractivity contribution in [2.75, 3.05) is 6.61 Å². The Hall–Kier alpha value is -2.93. The lowest BCUT2D eigenvalue weighted by atomic mass is 10.1. The standard InChI is InChI=1S/C17H16ClN3O4/c1-2-25-15-6-3-12(4-7-15)9-17(22)20-19-11-13-10-14(21(23)24)5-8-16(13)18/h3-8,10-11H,2,9H2,1H3,(H,20,22)/b19-11+. The van der Waals surface area contributed by atoms with Crippen LogP contribution in [0.2, 0.25) is 5.02 Å². The maximum Gasteiger partial charge on any atom is 0.270 e. The number of nitrogens with zero attached hydrogens (tertiary/aromatic N) is 2. The van der Waals surface area contributed by atoms with Crippen LogP contribution in [-0.4, -0.2) is 23.7 Å².